The van der Waals surface area contributed by atoms with Crippen molar-refractivity contribution in [2.75, 3.05) is 6.54 Å². The van der Waals surface area contributed by atoms with Crippen LogP contribution < -0.4 is 5.32 Å². The summed E-state index contributed by atoms with van der Waals surface area (Å²) < 4.78 is 2.07. The van der Waals surface area contributed by atoms with Gasteiger partial charge in [-0.3, -0.25) is 4.68 Å². The van der Waals surface area contributed by atoms with E-state index in [1.54, 1.807) is 6.42 Å². The van der Waals surface area contributed by atoms with Crippen LogP contribution in [0.5, 0.6) is 0 Å². The van der Waals surface area contributed by atoms with E-state index in [4.69, 9.17) is 0 Å². The van der Waals surface area contributed by atoms with Crippen molar-refractivity contribution in [3.63, 3.8) is 0 Å². The molecule has 0 atom stereocenters. The van der Waals surface area contributed by atoms with Crippen molar-refractivity contribution >= 4 is 0 Å². The zero-order chi connectivity index (χ0) is 12.8. The number of nitrogens with one attached hydrogen (secondary N) is 1. The molecule has 1 heterocycles. The van der Waals surface area contributed by atoms with Crippen molar-refractivity contribution in [3.05, 3.63) is 18.0 Å². The monoisotopic (exact) mass is 259 g/mol. The molecule has 0 unspecified atom stereocenters. The van der Waals surface area contributed by atoms with Crippen LogP contribution in [-0.2, 0) is 6.54 Å². The molecule has 3 nitrogen and oxygen atoms in total. The van der Waals surface area contributed by atoms with E-state index in [0.717, 1.165) is 42.8 Å². The van der Waals surface area contributed by atoms with Crippen LogP contribution in [0, 0.1) is 30.6 Å². The number of rotatable bonds is 4. The van der Waals surface area contributed by atoms with Crippen molar-refractivity contribution in [2.45, 2.75) is 51.6 Å². The summed E-state index contributed by atoms with van der Waals surface area (Å²) in [7, 11) is 0. The lowest BCUT2D eigenvalue weighted by atomic mass is 9.54. The molecule has 0 saturated heterocycles. The van der Waals surface area contributed by atoms with Crippen LogP contribution in [-0.4, -0.2) is 22.4 Å². The molecule has 0 amide bonds. The van der Waals surface area contributed by atoms with Gasteiger partial charge in [0.15, 0.2) is 0 Å². The molecule has 4 bridgehead atoms. The Kier molecular flexibility index (Phi) is 2.91. The highest BCUT2D eigenvalue weighted by Gasteiger charge is 2.47. The van der Waals surface area contributed by atoms with E-state index in [9.17, 15) is 0 Å². The molecule has 4 aliphatic carbocycles. The van der Waals surface area contributed by atoms with Gasteiger partial charge in [0, 0.05) is 18.8 Å². The van der Waals surface area contributed by atoms with Crippen LogP contribution in [0.3, 0.4) is 0 Å². The molecule has 0 aliphatic heterocycles. The Labute approximate surface area is 115 Å². The molecule has 0 radical (unpaired) electrons. The van der Waals surface area contributed by atoms with Crippen molar-refractivity contribution in [1.29, 1.82) is 0 Å². The van der Waals surface area contributed by atoms with E-state index in [2.05, 4.69) is 28.2 Å². The molecule has 1 N–H and O–H groups in total. The lowest BCUT2D eigenvalue weighted by Gasteiger charge is -2.54. The Morgan fingerprint density at radius 3 is 2.42 bits per heavy atom. The number of aromatic nitrogens is 2. The average molecular weight is 259 g/mol. The third-order valence-electron chi connectivity index (χ3n) is 5.71. The zero-order valence-electron chi connectivity index (χ0n) is 11.9. The molecule has 1 aromatic heterocycles. The second kappa shape index (κ2) is 4.62. The van der Waals surface area contributed by atoms with E-state index < -0.39 is 0 Å². The molecule has 0 aromatic carbocycles. The van der Waals surface area contributed by atoms with Crippen LogP contribution in [0.2, 0.25) is 0 Å². The van der Waals surface area contributed by atoms with Gasteiger partial charge in [-0.1, -0.05) is 0 Å². The summed E-state index contributed by atoms with van der Waals surface area (Å²) in [4.78, 5) is 0. The number of nitrogens with zero attached hydrogens (tertiary/aromatic N) is 2. The first-order valence-electron chi connectivity index (χ1n) is 8.00. The maximum Gasteiger partial charge on any atom is 0.0534 e. The fourth-order valence-electron chi connectivity index (χ4n) is 5.19. The molecule has 4 saturated carbocycles. The topological polar surface area (TPSA) is 29.9 Å². The predicted molar refractivity (Wildman–Crippen MR) is 75.8 cm³/mol. The maximum absolute atomic E-state index is 4.37. The van der Waals surface area contributed by atoms with E-state index in [-0.39, 0.29) is 0 Å². The van der Waals surface area contributed by atoms with Gasteiger partial charge in [0.1, 0.15) is 0 Å². The average Bonchev–Trinajstić information content (AvgIpc) is 2.78. The molecule has 4 aliphatic rings. The molecular formula is C16H25N3. The first-order valence-corrected chi connectivity index (χ1v) is 8.00. The predicted octanol–water partition coefficient (Wildman–Crippen LogP) is 2.61. The van der Waals surface area contributed by atoms with Crippen LogP contribution in [0.25, 0.3) is 0 Å². The van der Waals surface area contributed by atoms with Gasteiger partial charge >= 0.3 is 0 Å². The highest BCUT2D eigenvalue weighted by molar-refractivity contribution is 5.02. The Morgan fingerprint density at radius 2 is 1.84 bits per heavy atom. The second-order valence-corrected chi connectivity index (χ2v) is 7.19. The summed E-state index contributed by atoms with van der Waals surface area (Å²) in [6.45, 7) is 4.19. The Bertz CT molecular complexity index is 423. The van der Waals surface area contributed by atoms with E-state index >= 15 is 0 Å². The zero-order valence-corrected chi connectivity index (χ0v) is 11.9. The molecule has 1 aromatic rings. The summed E-state index contributed by atoms with van der Waals surface area (Å²) in [5, 5.41) is 8.23. The summed E-state index contributed by atoms with van der Waals surface area (Å²) in [6, 6.07) is 0.810. The molecule has 19 heavy (non-hydrogen) atoms. The highest BCUT2D eigenvalue weighted by atomic mass is 15.3. The van der Waals surface area contributed by atoms with E-state index in [0.29, 0.717) is 0 Å². The van der Waals surface area contributed by atoms with Crippen molar-refractivity contribution in [3.8, 4) is 0 Å². The van der Waals surface area contributed by atoms with Crippen molar-refractivity contribution < 1.29 is 0 Å². The van der Waals surface area contributed by atoms with Gasteiger partial charge in [0.05, 0.1) is 12.7 Å². The Balaban J connectivity index is 1.33. The van der Waals surface area contributed by atoms with Crippen LogP contribution in [0.15, 0.2) is 12.4 Å². The number of hydrogen-bond acceptors (Lipinski definition) is 2. The molecule has 5 rings (SSSR count). The van der Waals surface area contributed by atoms with Gasteiger partial charge in [0.2, 0.25) is 0 Å². The van der Waals surface area contributed by atoms with E-state index in [1.165, 1.54) is 31.2 Å². The minimum absolute atomic E-state index is 0.810. The number of aryl methyl sites for hydroxylation is 1. The lowest BCUT2D eigenvalue weighted by Crippen LogP contribution is -2.54. The van der Waals surface area contributed by atoms with Crippen molar-refractivity contribution in [2.24, 2.45) is 23.7 Å². The minimum atomic E-state index is 0.810. The summed E-state index contributed by atoms with van der Waals surface area (Å²) in [5.41, 5.74) is 1.26. The van der Waals surface area contributed by atoms with Crippen LogP contribution in [0.1, 0.15) is 37.7 Å². The van der Waals surface area contributed by atoms with Gasteiger partial charge in [-0.15, -0.1) is 0 Å². The summed E-state index contributed by atoms with van der Waals surface area (Å²) in [6.07, 6.45) is 11.7. The fraction of sp³-hybridized carbons (Fsp3) is 0.812. The van der Waals surface area contributed by atoms with Crippen molar-refractivity contribution in [1.82, 2.24) is 15.1 Å². The van der Waals surface area contributed by atoms with Gasteiger partial charge in [-0.2, -0.15) is 5.10 Å². The van der Waals surface area contributed by atoms with Crippen LogP contribution >= 0.6 is 0 Å². The van der Waals surface area contributed by atoms with E-state index in [1.807, 2.05) is 6.20 Å². The summed E-state index contributed by atoms with van der Waals surface area (Å²) in [5.74, 6) is 4.12. The van der Waals surface area contributed by atoms with Gasteiger partial charge in [-0.25, -0.2) is 0 Å². The normalized spacial score (nSPS) is 39.9. The molecule has 3 heteroatoms. The molecule has 4 fully saturated rings. The largest absolute Gasteiger partial charge is 0.312 e. The number of hydrogen-bond donors (Lipinski definition) is 1. The SMILES string of the molecule is Cc1cnn(CCNC2C3CC4CC(C3)CC2C4)c1. The van der Waals surface area contributed by atoms with Crippen LogP contribution in [0.4, 0.5) is 0 Å². The molecule has 0 spiro atoms. The molecule has 104 valence electrons. The highest BCUT2D eigenvalue weighted by Crippen LogP contribution is 2.53. The Hall–Kier alpha value is -0.830. The smallest absolute Gasteiger partial charge is 0.0534 e. The Morgan fingerprint density at radius 1 is 1.16 bits per heavy atom. The third-order valence-corrected chi connectivity index (χ3v) is 5.71. The third kappa shape index (κ3) is 2.22. The standard InChI is InChI=1S/C16H25N3/c1-11-9-18-19(10-11)3-2-17-16-14-5-12-4-13(7-14)8-15(16)6-12/h9-10,12-17H,2-8H2,1H3. The fourth-order valence-corrected chi connectivity index (χ4v) is 5.19. The first kappa shape index (κ1) is 12.0. The van der Waals surface area contributed by atoms with Gasteiger partial charge in [-0.05, 0) is 68.3 Å². The van der Waals surface area contributed by atoms with Gasteiger partial charge < -0.3 is 5.32 Å². The second-order valence-electron chi connectivity index (χ2n) is 7.19. The quantitative estimate of drug-likeness (QED) is 0.901. The first-order chi connectivity index (χ1) is 9.28. The van der Waals surface area contributed by atoms with Gasteiger partial charge in [0.25, 0.3) is 0 Å². The maximum atomic E-state index is 4.37. The summed E-state index contributed by atoms with van der Waals surface area (Å²) >= 11 is 0. The molecular weight excluding hydrogens is 234 g/mol. The minimum Gasteiger partial charge on any atom is -0.312 e. The lowest BCUT2D eigenvalue weighted by molar-refractivity contribution is -0.0138.